The molecule has 0 amide bonds. The lowest BCUT2D eigenvalue weighted by Gasteiger charge is -2.38. The predicted octanol–water partition coefficient (Wildman–Crippen LogP) is 2.04. The Labute approximate surface area is 104 Å². The number of hydrogen-bond donors (Lipinski definition) is 1. The van der Waals surface area contributed by atoms with Gasteiger partial charge in [0.1, 0.15) is 11.8 Å². The molecule has 1 heterocycles. The molecule has 1 aliphatic rings. The minimum absolute atomic E-state index is 0.0739. The maximum atomic E-state index is 12.9. The predicted molar refractivity (Wildman–Crippen MR) is 63.1 cm³/mol. The third-order valence-corrected chi connectivity index (χ3v) is 3.03. The zero-order valence-electron chi connectivity index (χ0n) is 10.00. The van der Waals surface area contributed by atoms with Gasteiger partial charge in [0.25, 0.3) is 0 Å². The average molecular weight is 260 g/mol. The zero-order chi connectivity index (χ0) is 13.2. The third-order valence-electron chi connectivity index (χ3n) is 3.03. The number of piperazine rings is 1. The number of halogens is 3. The molecule has 0 unspecified atom stereocenters. The van der Waals surface area contributed by atoms with Crippen molar-refractivity contribution in [1.82, 2.24) is 5.32 Å². The SMILES string of the molecule is COc1ccc(N2CCNC[C@H]2C(F)(F)F)cc1. The molecule has 6 heteroatoms. The van der Waals surface area contributed by atoms with Crippen LogP contribution in [0.15, 0.2) is 24.3 Å². The molecule has 1 aromatic rings. The van der Waals surface area contributed by atoms with Gasteiger partial charge < -0.3 is 15.0 Å². The molecule has 0 aromatic heterocycles. The van der Waals surface area contributed by atoms with E-state index in [2.05, 4.69) is 5.32 Å². The van der Waals surface area contributed by atoms with Crippen LogP contribution in [0.4, 0.5) is 18.9 Å². The van der Waals surface area contributed by atoms with Crippen molar-refractivity contribution in [3.63, 3.8) is 0 Å². The number of nitrogens with one attached hydrogen (secondary N) is 1. The van der Waals surface area contributed by atoms with Crippen LogP contribution in [-0.2, 0) is 0 Å². The van der Waals surface area contributed by atoms with Gasteiger partial charge in [-0.3, -0.25) is 0 Å². The van der Waals surface area contributed by atoms with Crippen molar-refractivity contribution in [2.45, 2.75) is 12.2 Å². The first kappa shape index (κ1) is 13.0. The Kier molecular flexibility index (Phi) is 3.65. The summed E-state index contributed by atoms with van der Waals surface area (Å²) in [4.78, 5) is 1.38. The highest BCUT2D eigenvalue weighted by molar-refractivity contribution is 5.50. The van der Waals surface area contributed by atoms with Crippen molar-refractivity contribution in [2.24, 2.45) is 0 Å². The minimum atomic E-state index is -4.23. The first-order valence-electron chi connectivity index (χ1n) is 5.70. The first-order chi connectivity index (χ1) is 8.52. The molecule has 0 spiro atoms. The number of anilines is 1. The lowest BCUT2D eigenvalue weighted by Crippen LogP contribution is -2.58. The Hall–Kier alpha value is -1.43. The van der Waals surface area contributed by atoms with Crippen LogP contribution in [0, 0.1) is 0 Å². The van der Waals surface area contributed by atoms with Gasteiger partial charge in [0.15, 0.2) is 0 Å². The molecule has 1 atom stereocenters. The lowest BCUT2D eigenvalue weighted by atomic mass is 10.1. The van der Waals surface area contributed by atoms with Crippen molar-refractivity contribution < 1.29 is 17.9 Å². The molecular formula is C12H15F3N2O. The van der Waals surface area contributed by atoms with Crippen LogP contribution in [0.5, 0.6) is 5.75 Å². The zero-order valence-corrected chi connectivity index (χ0v) is 10.00. The van der Waals surface area contributed by atoms with E-state index in [1.54, 1.807) is 24.3 Å². The second kappa shape index (κ2) is 5.06. The number of alkyl halides is 3. The van der Waals surface area contributed by atoms with Gasteiger partial charge in [-0.25, -0.2) is 0 Å². The molecule has 1 aromatic carbocycles. The molecule has 1 aliphatic heterocycles. The normalized spacial score (nSPS) is 20.9. The van der Waals surface area contributed by atoms with Crippen molar-refractivity contribution in [3.8, 4) is 5.75 Å². The van der Waals surface area contributed by atoms with E-state index in [1.807, 2.05) is 0 Å². The van der Waals surface area contributed by atoms with Crippen molar-refractivity contribution >= 4 is 5.69 Å². The number of ether oxygens (including phenoxy) is 1. The van der Waals surface area contributed by atoms with Crippen LogP contribution >= 0.6 is 0 Å². The van der Waals surface area contributed by atoms with Gasteiger partial charge in [0.2, 0.25) is 0 Å². The Morgan fingerprint density at radius 1 is 1.28 bits per heavy atom. The number of hydrogen-bond acceptors (Lipinski definition) is 3. The van der Waals surface area contributed by atoms with E-state index in [0.717, 1.165) is 0 Å². The summed E-state index contributed by atoms with van der Waals surface area (Å²) in [5.74, 6) is 0.637. The van der Waals surface area contributed by atoms with Gasteiger partial charge in [-0.1, -0.05) is 0 Å². The summed E-state index contributed by atoms with van der Waals surface area (Å²) in [5, 5.41) is 2.78. The summed E-state index contributed by atoms with van der Waals surface area (Å²) in [6, 6.07) is 5.18. The number of rotatable bonds is 2. The Balaban J connectivity index is 2.22. The van der Waals surface area contributed by atoms with Crippen LogP contribution in [0.25, 0.3) is 0 Å². The fourth-order valence-electron chi connectivity index (χ4n) is 2.08. The largest absolute Gasteiger partial charge is 0.497 e. The monoisotopic (exact) mass is 260 g/mol. The fourth-order valence-corrected chi connectivity index (χ4v) is 2.08. The van der Waals surface area contributed by atoms with Gasteiger partial charge in [-0.2, -0.15) is 13.2 Å². The molecule has 0 bridgehead atoms. The van der Waals surface area contributed by atoms with Gasteiger partial charge in [0.05, 0.1) is 7.11 Å². The number of benzene rings is 1. The van der Waals surface area contributed by atoms with Crippen LogP contribution in [-0.4, -0.2) is 39.0 Å². The molecule has 2 rings (SSSR count). The van der Waals surface area contributed by atoms with Gasteiger partial charge in [-0.15, -0.1) is 0 Å². The van der Waals surface area contributed by atoms with Gasteiger partial charge in [-0.05, 0) is 24.3 Å². The lowest BCUT2D eigenvalue weighted by molar-refractivity contribution is -0.149. The maximum Gasteiger partial charge on any atom is 0.409 e. The van der Waals surface area contributed by atoms with Gasteiger partial charge in [0, 0.05) is 25.3 Å². The molecule has 3 nitrogen and oxygen atoms in total. The molecule has 0 saturated carbocycles. The Morgan fingerprint density at radius 3 is 2.50 bits per heavy atom. The summed E-state index contributed by atoms with van der Waals surface area (Å²) in [6.45, 7) is 0.824. The van der Waals surface area contributed by atoms with Crippen LogP contribution in [0.2, 0.25) is 0 Å². The molecule has 18 heavy (non-hydrogen) atoms. The second-order valence-electron chi connectivity index (χ2n) is 4.15. The van der Waals surface area contributed by atoms with E-state index in [9.17, 15) is 13.2 Å². The second-order valence-corrected chi connectivity index (χ2v) is 4.15. The van der Waals surface area contributed by atoms with Crippen LogP contribution < -0.4 is 15.0 Å². The minimum Gasteiger partial charge on any atom is -0.497 e. The highest BCUT2D eigenvalue weighted by atomic mass is 19.4. The van der Waals surface area contributed by atoms with E-state index in [4.69, 9.17) is 4.74 Å². The number of methoxy groups -OCH3 is 1. The Morgan fingerprint density at radius 2 is 1.94 bits per heavy atom. The standard InChI is InChI=1S/C12H15F3N2O/c1-18-10-4-2-9(3-5-10)17-7-6-16-8-11(17)12(13,14)15/h2-5,11,16H,6-8H2,1H3/t11-/m0/s1. The van der Waals surface area contributed by atoms with E-state index in [0.29, 0.717) is 24.5 Å². The maximum absolute atomic E-state index is 12.9. The molecule has 100 valence electrons. The van der Waals surface area contributed by atoms with Crippen molar-refractivity contribution in [3.05, 3.63) is 24.3 Å². The summed E-state index contributed by atoms with van der Waals surface area (Å²) in [5.41, 5.74) is 0.569. The molecule has 0 radical (unpaired) electrons. The molecule has 1 saturated heterocycles. The summed E-state index contributed by atoms with van der Waals surface area (Å²) >= 11 is 0. The topological polar surface area (TPSA) is 24.5 Å². The highest BCUT2D eigenvalue weighted by Gasteiger charge is 2.44. The molecule has 0 aliphatic carbocycles. The quantitative estimate of drug-likeness (QED) is 0.880. The molecular weight excluding hydrogens is 245 g/mol. The van der Waals surface area contributed by atoms with E-state index in [-0.39, 0.29) is 6.54 Å². The highest BCUT2D eigenvalue weighted by Crippen LogP contribution is 2.30. The van der Waals surface area contributed by atoms with E-state index < -0.39 is 12.2 Å². The van der Waals surface area contributed by atoms with Crippen molar-refractivity contribution in [1.29, 1.82) is 0 Å². The summed E-state index contributed by atoms with van der Waals surface area (Å²) < 4.78 is 43.7. The Bertz CT molecular complexity index is 391. The third kappa shape index (κ3) is 2.69. The van der Waals surface area contributed by atoms with Crippen LogP contribution in [0.3, 0.4) is 0 Å². The fraction of sp³-hybridized carbons (Fsp3) is 0.500. The summed E-state index contributed by atoms with van der Waals surface area (Å²) in [6.07, 6.45) is -4.23. The van der Waals surface area contributed by atoms with E-state index >= 15 is 0 Å². The van der Waals surface area contributed by atoms with Gasteiger partial charge >= 0.3 is 6.18 Å². The molecule has 1 N–H and O–H groups in total. The smallest absolute Gasteiger partial charge is 0.409 e. The molecule has 1 fully saturated rings. The first-order valence-corrected chi connectivity index (χ1v) is 5.70. The number of nitrogens with zero attached hydrogens (tertiary/aromatic N) is 1. The average Bonchev–Trinajstić information content (AvgIpc) is 2.38. The van der Waals surface area contributed by atoms with Crippen LogP contribution in [0.1, 0.15) is 0 Å². The summed E-state index contributed by atoms with van der Waals surface area (Å²) in [7, 11) is 1.53. The van der Waals surface area contributed by atoms with Crippen molar-refractivity contribution in [2.75, 3.05) is 31.6 Å². The van der Waals surface area contributed by atoms with E-state index in [1.165, 1.54) is 12.0 Å².